The van der Waals surface area contributed by atoms with Crippen molar-refractivity contribution in [3.8, 4) is 0 Å². The molecule has 146 valence electrons. The molecule has 0 bridgehead atoms. The van der Waals surface area contributed by atoms with E-state index in [-0.39, 0.29) is 14.2 Å². The molecule has 0 unspecified atom stereocenters. The Morgan fingerprint density at radius 3 is 2.30 bits per heavy atom. The van der Waals surface area contributed by atoms with Crippen molar-refractivity contribution < 1.29 is 23.7 Å². The van der Waals surface area contributed by atoms with Gasteiger partial charge in [0.25, 0.3) is 0 Å². The number of rotatable bonds is 9. The maximum atomic E-state index is 12.3. The van der Waals surface area contributed by atoms with Crippen LogP contribution in [-0.4, -0.2) is 18.1 Å². The molecule has 7 heteroatoms. The van der Waals surface area contributed by atoms with Crippen LogP contribution >= 0.6 is 19.8 Å². The van der Waals surface area contributed by atoms with Gasteiger partial charge in [-0.1, -0.05) is 13.3 Å². The summed E-state index contributed by atoms with van der Waals surface area (Å²) in [4.78, 5) is 35.7. The van der Waals surface area contributed by atoms with Crippen molar-refractivity contribution in [3.05, 3.63) is 51.6 Å². The van der Waals surface area contributed by atoms with E-state index >= 15 is 0 Å². The van der Waals surface area contributed by atoms with Crippen LogP contribution in [0.1, 0.15) is 49.7 Å². The van der Waals surface area contributed by atoms with Crippen LogP contribution in [0, 0.1) is 3.57 Å². The Labute approximate surface area is 166 Å². The quantitative estimate of drug-likeness (QED) is 0.237. The Hall–Kier alpha value is -2.03. The summed E-state index contributed by atoms with van der Waals surface area (Å²) >= 11 is -2.50. The zero-order chi connectivity index (χ0) is 20.0. The van der Waals surface area contributed by atoms with Crippen LogP contribution in [0.3, 0.4) is 0 Å². The fourth-order valence-electron chi connectivity index (χ4n) is 2.64. The summed E-state index contributed by atoms with van der Waals surface area (Å²) in [6.45, 7) is 6.20. The van der Waals surface area contributed by atoms with Gasteiger partial charge in [-0.25, -0.2) is 0 Å². The molecular weight excluding hydrogens is 459 g/mol. The van der Waals surface area contributed by atoms with Crippen molar-refractivity contribution in [2.75, 3.05) is 0 Å². The normalized spacial score (nSPS) is 11.2. The molecule has 1 heterocycles. The molecule has 0 aliphatic rings. The van der Waals surface area contributed by atoms with Crippen molar-refractivity contribution in [2.24, 2.45) is 7.05 Å². The summed E-state index contributed by atoms with van der Waals surface area (Å²) in [5, 5.41) is 0. The van der Waals surface area contributed by atoms with Gasteiger partial charge < -0.3 is 0 Å². The van der Waals surface area contributed by atoms with Crippen molar-refractivity contribution in [2.45, 2.75) is 46.8 Å². The monoisotopic (exact) mass is 485 g/mol. The predicted molar refractivity (Wildman–Crippen MR) is 110 cm³/mol. The summed E-state index contributed by atoms with van der Waals surface area (Å²) in [7, 11) is 1.93. The number of benzene rings is 1. The number of carbonyl (C=O) groups is 3. The van der Waals surface area contributed by atoms with E-state index < -0.39 is 25.8 Å². The standard InChI is InChI=1S/C20H26IN2O4/c1-5-6-11-23-12-19(22(4)14-23)13-27-20(26)17-7-9-18(10-8-17)21(15(2)24)16(3)25/h7-10,12,14H,5-6,11,13H2,1-4H3/q+1. The van der Waals surface area contributed by atoms with Crippen molar-refractivity contribution in [3.63, 3.8) is 0 Å². The van der Waals surface area contributed by atoms with Crippen LogP contribution in [-0.2, 0) is 34.5 Å². The second-order valence-electron chi connectivity index (χ2n) is 6.25. The number of imidazole rings is 1. The summed E-state index contributed by atoms with van der Waals surface area (Å²) < 4.78 is 10.1. The number of ether oxygens (including phenoxy) is 1. The van der Waals surface area contributed by atoms with Gasteiger partial charge in [-0.15, -0.1) is 0 Å². The molecule has 2 aromatic rings. The molecule has 0 saturated heterocycles. The first kappa shape index (κ1) is 21.3. The first-order valence-corrected chi connectivity index (χ1v) is 12.1. The molecule has 0 saturated carbocycles. The molecule has 0 aliphatic carbocycles. The zero-order valence-corrected chi connectivity index (χ0v) is 18.4. The van der Waals surface area contributed by atoms with E-state index in [0.717, 1.165) is 28.7 Å². The molecule has 0 radical (unpaired) electrons. The van der Waals surface area contributed by atoms with Gasteiger partial charge in [-0.3, -0.25) is 0 Å². The second kappa shape index (κ2) is 9.77. The molecule has 27 heavy (non-hydrogen) atoms. The molecular formula is C20H26IN2O4+. The SMILES string of the molecule is CCCC[n+]1cc(COC(=O)c2ccc(I(C(C)=O)C(C)=O)cc2)n(C)c1. The van der Waals surface area contributed by atoms with Crippen molar-refractivity contribution >= 4 is 33.4 Å². The molecule has 0 aliphatic heterocycles. The number of hydrogen-bond acceptors (Lipinski definition) is 4. The third kappa shape index (κ3) is 5.72. The summed E-state index contributed by atoms with van der Waals surface area (Å²) in [5.74, 6) is -0.422. The fraction of sp³-hybridized carbons (Fsp3) is 0.400. The number of unbranched alkanes of at least 4 members (excludes halogenated alkanes) is 1. The summed E-state index contributed by atoms with van der Waals surface area (Å²) in [6, 6.07) is 6.65. The van der Waals surface area contributed by atoms with Gasteiger partial charge in [0, 0.05) is 0 Å². The number of halogens is 1. The maximum absolute atomic E-state index is 12.3. The van der Waals surface area contributed by atoms with Gasteiger partial charge in [-0.05, 0) is 0 Å². The van der Waals surface area contributed by atoms with Crippen LogP contribution in [0.15, 0.2) is 36.8 Å². The average molecular weight is 485 g/mol. The molecule has 2 rings (SSSR count). The van der Waals surface area contributed by atoms with Crippen molar-refractivity contribution in [1.29, 1.82) is 0 Å². The molecule has 0 N–H and O–H groups in total. The average Bonchev–Trinajstić information content (AvgIpc) is 2.97. The third-order valence-electron chi connectivity index (χ3n) is 4.04. The number of carbonyl (C=O) groups excluding carboxylic acids is 3. The van der Waals surface area contributed by atoms with Gasteiger partial charge in [0.2, 0.25) is 0 Å². The number of esters is 1. The van der Waals surface area contributed by atoms with Crippen LogP contribution in [0.5, 0.6) is 0 Å². The number of nitrogens with zero attached hydrogens (tertiary/aromatic N) is 2. The van der Waals surface area contributed by atoms with Crippen LogP contribution < -0.4 is 4.57 Å². The molecule has 0 amide bonds. The molecule has 0 fully saturated rings. The van der Waals surface area contributed by atoms with Crippen LogP contribution in [0.2, 0.25) is 0 Å². The topological polar surface area (TPSA) is 69.2 Å². The van der Waals surface area contributed by atoms with E-state index in [1.165, 1.54) is 13.8 Å². The van der Waals surface area contributed by atoms with E-state index in [0.29, 0.717) is 5.56 Å². The molecule has 1 aromatic carbocycles. The van der Waals surface area contributed by atoms with Gasteiger partial charge in [-0.2, -0.15) is 0 Å². The van der Waals surface area contributed by atoms with Gasteiger partial charge in [0.05, 0.1) is 0 Å². The van der Waals surface area contributed by atoms with Crippen molar-refractivity contribution in [1.82, 2.24) is 4.57 Å². The Morgan fingerprint density at radius 2 is 1.74 bits per heavy atom. The Morgan fingerprint density at radius 1 is 1.11 bits per heavy atom. The van der Waals surface area contributed by atoms with E-state index in [2.05, 4.69) is 11.5 Å². The van der Waals surface area contributed by atoms with Gasteiger partial charge in [0.1, 0.15) is 0 Å². The fourth-order valence-corrected chi connectivity index (χ4v) is 6.55. The zero-order valence-electron chi connectivity index (χ0n) is 16.2. The van der Waals surface area contributed by atoms with E-state index in [1.54, 1.807) is 24.3 Å². The molecule has 6 nitrogen and oxygen atoms in total. The second-order valence-corrected chi connectivity index (χ2v) is 12.1. The number of aryl methyl sites for hydroxylation is 2. The Balaban J connectivity index is 2.01. The Bertz CT molecular complexity index is 813. The molecule has 0 spiro atoms. The van der Waals surface area contributed by atoms with Gasteiger partial charge >= 0.3 is 154 Å². The Kier molecular flexibility index (Phi) is 7.70. The molecule has 0 atom stereocenters. The molecule has 1 aromatic heterocycles. The first-order chi connectivity index (χ1) is 12.8. The number of hydrogen-bond donors (Lipinski definition) is 0. The van der Waals surface area contributed by atoms with E-state index in [1.807, 2.05) is 24.1 Å². The van der Waals surface area contributed by atoms with Gasteiger partial charge in [0.15, 0.2) is 0 Å². The van der Waals surface area contributed by atoms with E-state index in [4.69, 9.17) is 4.74 Å². The third-order valence-corrected chi connectivity index (χ3v) is 9.04. The van der Waals surface area contributed by atoms with E-state index in [9.17, 15) is 14.4 Å². The minimum absolute atomic E-state index is 0.0536. The van der Waals surface area contributed by atoms with Crippen LogP contribution in [0.25, 0.3) is 0 Å². The number of aromatic nitrogens is 2. The predicted octanol–water partition coefficient (Wildman–Crippen LogP) is 3.24. The first-order valence-electron chi connectivity index (χ1n) is 8.85. The van der Waals surface area contributed by atoms with Crippen LogP contribution in [0.4, 0.5) is 0 Å². The summed E-state index contributed by atoms with van der Waals surface area (Å²) in [5.41, 5.74) is 1.33. The minimum atomic E-state index is -2.50. The summed E-state index contributed by atoms with van der Waals surface area (Å²) in [6.07, 6.45) is 6.20.